The van der Waals surface area contributed by atoms with Gasteiger partial charge in [-0.15, -0.1) is 0 Å². The van der Waals surface area contributed by atoms with Crippen molar-refractivity contribution < 1.29 is 4.92 Å². The van der Waals surface area contributed by atoms with Gasteiger partial charge in [-0.1, -0.05) is 13.0 Å². The van der Waals surface area contributed by atoms with Gasteiger partial charge in [-0.2, -0.15) is 0 Å². The number of nitrogens with zero attached hydrogens (tertiary/aromatic N) is 2. The van der Waals surface area contributed by atoms with E-state index in [0.717, 1.165) is 31.1 Å². The summed E-state index contributed by atoms with van der Waals surface area (Å²) in [4.78, 5) is 12.5. The number of hydrogen-bond donors (Lipinski definition) is 1. The second-order valence-electron chi connectivity index (χ2n) is 4.78. The molecule has 0 aromatic heterocycles. The Morgan fingerprint density at radius 1 is 1.59 bits per heavy atom. The Morgan fingerprint density at radius 2 is 2.35 bits per heavy atom. The van der Waals surface area contributed by atoms with E-state index >= 15 is 0 Å². The van der Waals surface area contributed by atoms with Crippen LogP contribution in [-0.4, -0.2) is 22.9 Å². The van der Waals surface area contributed by atoms with E-state index in [9.17, 15) is 10.1 Å². The molecule has 2 N–H and O–H groups in total. The molecular weight excluding hydrogens is 218 g/mol. The molecule has 1 atom stereocenters. The molecule has 1 saturated heterocycles. The van der Waals surface area contributed by atoms with Crippen molar-refractivity contribution in [2.75, 3.05) is 18.8 Å². The van der Waals surface area contributed by atoms with Crippen LogP contribution in [0, 0.1) is 16.0 Å². The third kappa shape index (κ3) is 2.74. The summed E-state index contributed by atoms with van der Waals surface area (Å²) in [6.45, 7) is 5.26. The normalized spacial score (nSPS) is 20.6. The standard InChI is InChI=1S/C12H17N3O2/c1-9-4-5-14(7-9)8-10-2-3-12(15(16)17)11(13)6-10/h2-3,6,9H,4-5,7-8,13H2,1H3. The summed E-state index contributed by atoms with van der Waals surface area (Å²) < 4.78 is 0. The van der Waals surface area contributed by atoms with E-state index < -0.39 is 4.92 Å². The first kappa shape index (κ1) is 11.9. The average molecular weight is 235 g/mol. The molecule has 5 nitrogen and oxygen atoms in total. The van der Waals surface area contributed by atoms with Gasteiger partial charge < -0.3 is 5.73 Å². The Labute approximate surface area is 100 Å². The summed E-state index contributed by atoms with van der Waals surface area (Å²) in [5.41, 5.74) is 6.95. The number of benzene rings is 1. The Balaban J connectivity index is 2.07. The predicted octanol–water partition coefficient (Wildman–Crippen LogP) is 2.02. The van der Waals surface area contributed by atoms with E-state index in [1.54, 1.807) is 12.1 Å². The molecule has 0 spiro atoms. The third-order valence-corrected chi connectivity index (χ3v) is 3.20. The van der Waals surface area contributed by atoms with Crippen LogP contribution in [0.15, 0.2) is 18.2 Å². The topological polar surface area (TPSA) is 72.4 Å². The second-order valence-corrected chi connectivity index (χ2v) is 4.78. The fourth-order valence-electron chi connectivity index (χ4n) is 2.30. The van der Waals surface area contributed by atoms with Gasteiger partial charge in [0.25, 0.3) is 5.69 Å². The number of rotatable bonds is 3. The van der Waals surface area contributed by atoms with E-state index in [0.29, 0.717) is 0 Å². The van der Waals surface area contributed by atoms with Crippen molar-refractivity contribution in [3.05, 3.63) is 33.9 Å². The van der Waals surface area contributed by atoms with Crippen molar-refractivity contribution in [2.24, 2.45) is 5.92 Å². The molecule has 0 aliphatic carbocycles. The molecule has 2 rings (SSSR count). The van der Waals surface area contributed by atoms with Gasteiger partial charge in [0.05, 0.1) is 4.92 Å². The van der Waals surface area contributed by atoms with Crippen LogP contribution in [0.1, 0.15) is 18.9 Å². The number of anilines is 1. The van der Waals surface area contributed by atoms with Gasteiger partial charge in [-0.05, 0) is 30.5 Å². The fraction of sp³-hybridized carbons (Fsp3) is 0.500. The molecule has 1 aliphatic heterocycles. The minimum Gasteiger partial charge on any atom is -0.393 e. The minimum absolute atomic E-state index is 0.0106. The molecule has 1 aliphatic rings. The number of nitro groups is 1. The predicted molar refractivity (Wildman–Crippen MR) is 66.6 cm³/mol. The van der Waals surface area contributed by atoms with Crippen LogP contribution in [-0.2, 0) is 6.54 Å². The average Bonchev–Trinajstić information content (AvgIpc) is 2.63. The number of hydrogen-bond acceptors (Lipinski definition) is 4. The van der Waals surface area contributed by atoms with Crippen molar-refractivity contribution in [3.63, 3.8) is 0 Å². The number of nitrogen functional groups attached to an aromatic ring is 1. The van der Waals surface area contributed by atoms with E-state index in [1.165, 1.54) is 12.5 Å². The first-order valence-electron chi connectivity index (χ1n) is 5.81. The minimum atomic E-state index is -0.447. The van der Waals surface area contributed by atoms with Gasteiger partial charge >= 0.3 is 0 Å². The quantitative estimate of drug-likeness (QED) is 0.494. The molecule has 0 saturated carbocycles. The highest BCUT2D eigenvalue weighted by Gasteiger charge is 2.19. The van der Waals surface area contributed by atoms with Crippen molar-refractivity contribution in [3.8, 4) is 0 Å². The summed E-state index contributed by atoms with van der Waals surface area (Å²) in [6.07, 6.45) is 1.22. The van der Waals surface area contributed by atoms with E-state index in [2.05, 4.69) is 11.8 Å². The molecule has 92 valence electrons. The Bertz CT molecular complexity index is 434. The molecule has 1 aromatic carbocycles. The van der Waals surface area contributed by atoms with Crippen LogP contribution in [0.4, 0.5) is 11.4 Å². The molecule has 1 aromatic rings. The number of nitrogens with two attached hydrogens (primary N) is 1. The summed E-state index contributed by atoms with van der Waals surface area (Å²) >= 11 is 0. The third-order valence-electron chi connectivity index (χ3n) is 3.20. The van der Waals surface area contributed by atoms with E-state index in [4.69, 9.17) is 5.73 Å². The van der Waals surface area contributed by atoms with Crippen LogP contribution in [0.3, 0.4) is 0 Å². The Kier molecular flexibility index (Phi) is 3.28. The Hall–Kier alpha value is -1.62. The lowest BCUT2D eigenvalue weighted by Crippen LogP contribution is -2.19. The monoisotopic (exact) mass is 235 g/mol. The zero-order valence-electron chi connectivity index (χ0n) is 9.93. The van der Waals surface area contributed by atoms with Crippen molar-refractivity contribution in [1.82, 2.24) is 4.90 Å². The molecule has 5 heteroatoms. The maximum atomic E-state index is 10.6. The van der Waals surface area contributed by atoms with Crippen LogP contribution in [0.2, 0.25) is 0 Å². The zero-order chi connectivity index (χ0) is 12.4. The van der Waals surface area contributed by atoms with Crippen LogP contribution in [0.5, 0.6) is 0 Å². The molecule has 1 unspecified atom stereocenters. The van der Waals surface area contributed by atoms with Crippen molar-refractivity contribution >= 4 is 11.4 Å². The molecule has 0 amide bonds. The SMILES string of the molecule is CC1CCN(Cc2ccc([N+](=O)[O-])c(N)c2)C1. The largest absolute Gasteiger partial charge is 0.393 e. The first-order valence-corrected chi connectivity index (χ1v) is 5.81. The highest BCUT2D eigenvalue weighted by atomic mass is 16.6. The van der Waals surface area contributed by atoms with Gasteiger partial charge in [-0.25, -0.2) is 0 Å². The number of likely N-dealkylation sites (tertiary alicyclic amines) is 1. The molecule has 1 fully saturated rings. The Morgan fingerprint density at radius 3 is 2.88 bits per heavy atom. The molecule has 0 radical (unpaired) electrons. The molecular formula is C12H17N3O2. The lowest BCUT2D eigenvalue weighted by Gasteiger charge is -2.15. The lowest BCUT2D eigenvalue weighted by atomic mass is 10.1. The maximum Gasteiger partial charge on any atom is 0.292 e. The van der Waals surface area contributed by atoms with Gasteiger partial charge in [0, 0.05) is 19.2 Å². The summed E-state index contributed by atoms with van der Waals surface area (Å²) in [6, 6.07) is 4.99. The molecule has 0 bridgehead atoms. The first-order chi connectivity index (χ1) is 8.06. The summed E-state index contributed by atoms with van der Waals surface area (Å²) in [5, 5.41) is 10.6. The smallest absolute Gasteiger partial charge is 0.292 e. The van der Waals surface area contributed by atoms with Crippen LogP contribution >= 0.6 is 0 Å². The van der Waals surface area contributed by atoms with Gasteiger partial charge in [-0.3, -0.25) is 15.0 Å². The van der Waals surface area contributed by atoms with Crippen LogP contribution < -0.4 is 5.73 Å². The lowest BCUT2D eigenvalue weighted by molar-refractivity contribution is -0.383. The highest BCUT2D eigenvalue weighted by Crippen LogP contribution is 2.24. The second kappa shape index (κ2) is 4.71. The van der Waals surface area contributed by atoms with Crippen molar-refractivity contribution in [1.29, 1.82) is 0 Å². The zero-order valence-corrected chi connectivity index (χ0v) is 9.93. The van der Waals surface area contributed by atoms with Gasteiger partial charge in [0.15, 0.2) is 0 Å². The van der Waals surface area contributed by atoms with Crippen LogP contribution in [0.25, 0.3) is 0 Å². The maximum absolute atomic E-state index is 10.6. The molecule has 17 heavy (non-hydrogen) atoms. The summed E-state index contributed by atoms with van der Waals surface area (Å²) in [7, 11) is 0. The fourth-order valence-corrected chi connectivity index (χ4v) is 2.30. The highest BCUT2D eigenvalue weighted by molar-refractivity contribution is 5.59. The van der Waals surface area contributed by atoms with Gasteiger partial charge in [0.2, 0.25) is 0 Å². The molecule has 1 heterocycles. The van der Waals surface area contributed by atoms with E-state index in [-0.39, 0.29) is 11.4 Å². The summed E-state index contributed by atoms with van der Waals surface area (Å²) in [5.74, 6) is 0.741. The van der Waals surface area contributed by atoms with Gasteiger partial charge in [0.1, 0.15) is 5.69 Å². The van der Waals surface area contributed by atoms with E-state index in [1.807, 2.05) is 0 Å². The van der Waals surface area contributed by atoms with Crippen molar-refractivity contribution in [2.45, 2.75) is 19.9 Å². The number of nitro benzene ring substituents is 1.